The molecule has 4 aliphatic rings. The number of hydrogen-bond donors (Lipinski definition) is 2. The van der Waals surface area contributed by atoms with Crippen molar-refractivity contribution < 1.29 is 28.2 Å². The number of hydrogen-bond acceptors (Lipinski definition) is 7. The zero-order valence-electron chi connectivity index (χ0n) is 34.0. The molecule has 3 amide bonds. The Morgan fingerprint density at radius 2 is 1.23 bits per heavy atom. The molecule has 6 atom stereocenters. The number of carbonyl (C=O) groups is 3. The van der Waals surface area contributed by atoms with Crippen LogP contribution in [0.25, 0.3) is 0 Å². The summed E-state index contributed by atoms with van der Waals surface area (Å²) in [7, 11) is 0. The van der Waals surface area contributed by atoms with E-state index in [1.807, 2.05) is 83.1 Å². The fourth-order valence-corrected chi connectivity index (χ4v) is 9.51. The molecule has 2 saturated carbocycles. The summed E-state index contributed by atoms with van der Waals surface area (Å²) >= 11 is 0. The van der Waals surface area contributed by atoms with Gasteiger partial charge >= 0.3 is 6.09 Å². The standard InChI is InChI=1S/C46H58FN5O5/c1-29(2)56-45(55)52-40-12-8-10-34(40)26-42(52)44(54)49-37-21-15-32(16-22-37)28-50(38-23-17-35(47)18-24-38)27-31-13-19-36(20-14-31)48-43(53)41-25-33-9-7-11-39(33)51(41)30(3)57-46(4,5)6/h13-24,29,33-34,39-42H,3,7-12,25-28H2,1-2,4-6H3,(H,48,53)(H,49,54)/t33-,34-,39-,40-,41-,42-/m0/s1. The summed E-state index contributed by atoms with van der Waals surface area (Å²) in [6, 6.07) is 21.4. The number of fused-ring (bicyclic) bond motifs is 2. The first-order valence-electron chi connectivity index (χ1n) is 20.7. The zero-order chi connectivity index (χ0) is 40.4. The van der Waals surface area contributed by atoms with E-state index in [0.717, 1.165) is 67.4 Å². The number of amides is 3. The molecule has 10 nitrogen and oxygen atoms in total. The van der Waals surface area contributed by atoms with E-state index in [4.69, 9.17) is 9.47 Å². The van der Waals surface area contributed by atoms with Crippen molar-refractivity contribution in [3.63, 3.8) is 0 Å². The van der Waals surface area contributed by atoms with Gasteiger partial charge in [-0.1, -0.05) is 37.1 Å². The molecule has 11 heteroatoms. The third kappa shape index (κ3) is 9.40. The second-order valence-electron chi connectivity index (χ2n) is 17.6. The van der Waals surface area contributed by atoms with Crippen molar-refractivity contribution in [1.82, 2.24) is 9.80 Å². The molecule has 2 N–H and O–H groups in total. The van der Waals surface area contributed by atoms with Gasteiger partial charge in [0, 0.05) is 42.2 Å². The van der Waals surface area contributed by atoms with E-state index in [1.165, 1.54) is 12.1 Å². The summed E-state index contributed by atoms with van der Waals surface area (Å²) in [5, 5.41) is 6.20. The molecule has 0 aromatic heterocycles. The van der Waals surface area contributed by atoms with Crippen LogP contribution >= 0.6 is 0 Å². The van der Waals surface area contributed by atoms with Gasteiger partial charge < -0.3 is 29.9 Å². The van der Waals surface area contributed by atoms with Crippen LogP contribution in [0.1, 0.15) is 97.1 Å². The molecule has 4 fully saturated rings. The van der Waals surface area contributed by atoms with Gasteiger partial charge in [0.05, 0.1) is 6.10 Å². The first-order chi connectivity index (χ1) is 27.2. The van der Waals surface area contributed by atoms with Crippen molar-refractivity contribution in [2.45, 2.75) is 135 Å². The van der Waals surface area contributed by atoms with Crippen molar-refractivity contribution in [2.75, 3.05) is 15.5 Å². The van der Waals surface area contributed by atoms with Crippen LogP contribution in [0.4, 0.5) is 26.2 Å². The molecule has 0 bridgehead atoms. The van der Waals surface area contributed by atoms with Crippen LogP contribution in [0.5, 0.6) is 0 Å². The van der Waals surface area contributed by atoms with Crippen LogP contribution in [-0.2, 0) is 32.2 Å². The Hall–Kier alpha value is -5.06. The van der Waals surface area contributed by atoms with Crippen LogP contribution in [0.2, 0.25) is 0 Å². The molecule has 3 aromatic carbocycles. The SMILES string of the molecule is C=C(OC(C)(C)C)N1[C@H](C(=O)Nc2ccc(CN(Cc3ccc(NC(=O)[C@@H]4C[C@@H]5CCC[C@@H]5N4C(=O)OC(C)C)cc3)c3ccc(F)cc3)cc2)C[C@@H]2CCC[C@@H]21. The van der Waals surface area contributed by atoms with Crippen LogP contribution in [-0.4, -0.2) is 63.6 Å². The highest BCUT2D eigenvalue weighted by Gasteiger charge is 2.50. The fourth-order valence-electron chi connectivity index (χ4n) is 9.51. The van der Waals surface area contributed by atoms with Crippen molar-refractivity contribution >= 4 is 35.0 Å². The van der Waals surface area contributed by atoms with Gasteiger partial charge in [0.2, 0.25) is 11.8 Å². The Labute approximate surface area is 336 Å². The monoisotopic (exact) mass is 779 g/mol. The van der Waals surface area contributed by atoms with Gasteiger partial charge in [-0.3, -0.25) is 14.5 Å². The highest BCUT2D eigenvalue weighted by atomic mass is 19.1. The molecule has 0 radical (unpaired) electrons. The lowest BCUT2D eigenvalue weighted by atomic mass is 10.0. The summed E-state index contributed by atoms with van der Waals surface area (Å²) in [4.78, 5) is 46.3. The summed E-state index contributed by atoms with van der Waals surface area (Å²) < 4.78 is 25.7. The molecule has 2 aliphatic carbocycles. The number of carbonyl (C=O) groups excluding carboxylic acids is 3. The minimum absolute atomic E-state index is 0.0455. The summed E-state index contributed by atoms with van der Waals surface area (Å²) in [6.07, 6.45) is 7.04. The number of nitrogens with zero attached hydrogens (tertiary/aromatic N) is 3. The quantitative estimate of drug-likeness (QED) is 0.177. The number of anilines is 3. The first-order valence-corrected chi connectivity index (χ1v) is 20.7. The van der Waals surface area contributed by atoms with E-state index in [-0.39, 0.29) is 41.9 Å². The highest BCUT2D eigenvalue weighted by molar-refractivity contribution is 5.97. The second-order valence-corrected chi connectivity index (χ2v) is 17.6. The smallest absolute Gasteiger partial charge is 0.410 e. The lowest BCUT2D eigenvalue weighted by molar-refractivity contribution is -0.122. The molecule has 2 aliphatic heterocycles. The molecular formula is C46H58FN5O5. The third-order valence-corrected chi connectivity index (χ3v) is 11.9. The van der Waals surface area contributed by atoms with Gasteiger partial charge in [0.25, 0.3) is 0 Å². The normalized spacial score (nSPS) is 23.9. The Morgan fingerprint density at radius 1 is 0.754 bits per heavy atom. The predicted molar refractivity (Wildman–Crippen MR) is 221 cm³/mol. The maximum atomic E-state index is 14.0. The zero-order valence-corrected chi connectivity index (χ0v) is 34.0. The predicted octanol–water partition coefficient (Wildman–Crippen LogP) is 9.23. The lowest BCUT2D eigenvalue weighted by Gasteiger charge is -2.35. The van der Waals surface area contributed by atoms with Gasteiger partial charge in [0.1, 0.15) is 23.5 Å². The maximum absolute atomic E-state index is 14.0. The van der Waals surface area contributed by atoms with Gasteiger partial charge in [-0.05, 0) is 151 Å². The summed E-state index contributed by atoms with van der Waals surface area (Å²) in [5.74, 6) is 0.779. The number of nitrogens with one attached hydrogen (secondary N) is 2. The fraction of sp³-hybridized carbons (Fsp3) is 0.500. The molecule has 0 spiro atoms. The van der Waals surface area contributed by atoms with E-state index < -0.39 is 17.7 Å². The average Bonchev–Trinajstić information content (AvgIpc) is 3.94. The number of rotatable bonds is 12. The van der Waals surface area contributed by atoms with E-state index in [9.17, 15) is 18.8 Å². The van der Waals surface area contributed by atoms with Crippen molar-refractivity contribution in [2.24, 2.45) is 11.8 Å². The Morgan fingerprint density at radius 3 is 1.70 bits per heavy atom. The molecule has 304 valence electrons. The van der Waals surface area contributed by atoms with Gasteiger partial charge in [-0.2, -0.15) is 0 Å². The topological polar surface area (TPSA) is 103 Å². The van der Waals surface area contributed by atoms with E-state index in [2.05, 4.69) is 27.0 Å². The minimum Gasteiger partial charge on any atom is -0.474 e. The van der Waals surface area contributed by atoms with Crippen LogP contribution in [0.3, 0.4) is 0 Å². The van der Waals surface area contributed by atoms with E-state index in [1.54, 1.807) is 17.0 Å². The number of halogens is 1. The summed E-state index contributed by atoms with van der Waals surface area (Å²) in [5.41, 5.74) is 3.84. The molecule has 2 saturated heterocycles. The Kier molecular flexibility index (Phi) is 11.8. The van der Waals surface area contributed by atoms with Crippen molar-refractivity contribution in [3.05, 3.63) is 102 Å². The molecule has 2 heterocycles. The molecule has 3 aromatic rings. The second kappa shape index (κ2) is 16.8. The summed E-state index contributed by atoms with van der Waals surface area (Å²) in [6.45, 7) is 14.9. The molecule has 7 rings (SSSR count). The van der Waals surface area contributed by atoms with Crippen molar-refractivity contribution in [3.8, 4) is 0 Å². The van der Waals surface area contributed by atoms with Crippen LogP contribution in [0.15, 0.2) is 85.3 Å². The minimum atomic E-state index is -0.565. The molecule has 57 heavy (non-hydrogen) atoms. The third-order valence-electron chi connectivity index (χ3n) is 11.9. The van der Waals surface area contributed by atoms with Crippen LogP contribution < -0.4 is 15.5 Å². The maximum Gasteiger partial charge on any atom is 0.410 e. The first kappa shape index (κ1) is 40.1. The molecule has 0 unspecified atom stereocenters. The van der Waals surface area contributed by atoms with Crippen molar-refractivity contribution in [1.29, 1.82) is 0 Å². The largest absolute Gasteiger partial charge is 0.474 e. The number of benzene rings is 3. The lowest BCUT2D eigenvalue weighted by Crippen LogP contribution is -2.47. The Balaban J connectivity index is 0.997. The van der Waals surface area contributed by atoms with Crippen LogP contribution in [0, 0.1) is 17.7 Å². The average molecular weight is 780 g/mol. The number of likely N-dealkylation sites (tertiary alicyclic amines) is 2. The van der Waals surface area contributed by atoms with Gasteiger partial charge in [-0.15, -0.1) is 0 Å². The number of ether oxygens (including phenoxy) is 2. The van der Waals surface area contributed by atoms with E-state index >= 15 is 0 Å². The van der Waals surface area contributed by atoms with E-state index in [0.29, 0.717) is 42.9 Å². The van der Waals surface area contributed by atoms with Gasteiger partial charge in [-0.25, -0.2) is 9.18 Å². The van der Waals surface area contributed by atoms with Gasteiger partial charge in [0.15, 0.2) is 5.88 Å². The highest BCUT2D eigenvalue weighted by Crippen LogP contribution is 2.44. The molecular weight excluding hydrogens is 722 g/mol. The Bertz CT molecular complexity index is 1910.